The summed E-state index contributed by atoms with van der Waals surface area (Å²) in [5, 5.41) is 0. The molecule has 0 aliphatic carbocycles. The van der Waals surface area contributed by atoms with Gasteiger partial charge in [0.2, 0.25) is 0 Å². The Hall–Kier alpha value is -0.670. The van der Waals surface area contributed by atoms with Crippen molar-refractivity contribution in [2.24, 2.45) is 5.41 Å². The number of rotatable bonds is 12. The van der Waals surface area contributed by atoms with E-state index in [4.69, 9.17) is 4.74 Å². The highest BCUT2D eigenvalue weighted by atomic mass is 19.3. The predicted molar refractivity (Wildman–Crippen MR) is 78.0 cm³/mol. The van der Waals surface area contributed by atoms with Crippen LogP contribution in [-0.4, -0.2) is 19.0 Å². The molecule has 0 amide bonds. The van der Waals surface area contributed by atoms with Gasteiger partial charge in [-0.2, -0.15) is 0 Å². The van der Waals surface area contributed by atoms with Gasteiger partial charge in [0.15, 0.2) is 6.61 Å². The quantitative estimate of drug-likeness (QED) is 0.358. The summed E-state index contributed by atoms with van der Waals surface area (Å²) in [7, 11) is 0. The van der Waals surface area contributed by atoms with E-state index in [1.807, 2.05) is 6.92 Å². The number of ether oxygens (including phenoxy) is 1. The van der Waals surface area contributed by atoms with E-state index in [-0.39, 0.29) is 0 Å². The second kappa shape index (κ2) is 11.0. The van der Waals surface area contributed by atoms with Crippen LogP contribution in [0.25, 0.3) is 0 Å². The van der Waals surface area contributed by atoms with Crippen molar-refractivity contribution in [1.82, 2.24) is 0 Å². The molecular weight excluding hydrogens is 262 g/mol. The smallest absolute Gasteiger partial charge is 0.311 e. The van der Waals surface area contributed by atoms with Gasteiger partial charge in [0, 0.05) is 0 Å². The van der Waals surface area contributed by atoms with Crippen LogP contribution in [-0.2, 0) is 9.53 Å². The maximum Gasteiger partial charge on any atom is 0.311 e. The van der Waals surface area contributed by atoms with Crippen LogP contribution < -0.4 is 0 Å². The van der Waals surface area contributed by atoms with Gasteiger partial charge in [0.1, 0.15) is 0 Å². The number of hydrogen-bond donors (Lipinski definition) is 0. The fourth-order valence-electron chi connectivity index (χ4n) is 2.35. The summed E-state index contributed by atoms with van der Waals surface area (Å²) in [6, 6.07) is 0. The van der Waals surface area contributed by atoms with E-state index < -0.39 is 24.4 Å². The summed E-state index contributed by atoms with van der Waals surface area (Å²) in [6.45, 7) is 5.32. The van der Waals surface area contributed by atoms with Crippen molar-refractivity contribution in [1.29, 1.82) is 0 Å². The molecule has 0 saturated carbocycles. The summed E-state index contributed by atoms with van der Waals surface area (Å²) in [6.07, 6.45) is 6.31. The lowest BCUT2D eigenvalue weighted by Crippen LogP contribution is -2.31. The first kappa shape index (κ1) is 19.3. The molecule has 0 aliphatic heterocycles. The van der Waals surface area contributed by atoms with Crippen LogP contribution in [0, 0.1) is 5.41 Å². The molecule has 0 saturated heterocycles. The van der Waals surface area contributed by atoms with Crippen molar-refractivity contribution in [3.63, 3.8) is 0 Å². The largest absolute Gasteiger partial charge is 0.459 e. The molecule has 0 spiro atoms. The predicted octanol–water partition coefficient (Wildman–Crippen LogP) is 5.35. The van der Waals surface area contributed by atoms with Gasteiger partial charge in [-0.3, -0.25) is 4.79 Å². The summed E-state index contributed by atoms with van der Waals surface area (Å²) in [5.74, 6) is -0.453. The highest BCUT2D eigenvalue weighted by molar-refractivity contribution is 5.76. The van der Waals surface area contributed by atoms with Gasteiger partial charge in [0.05, 0.1) is 5.41 Å². The Morgan fingerprint density at radius 3 is 2.00 bits per heavy atom. The molecule has 0 aromatic rings. The van der Waals surface area contributed by atoms with Gasteiger partial charge in [0.25, 0.3) is 6.43 Å². The molecule has 20 heavy (non-hydrogen) atoms. The molecule has 2 nitrogen and oxygen atoms in total. The Bertz CT molecular complexity index is 257. The molecule has 0 bridgehead atoms. The lowest BCUT2D eigenvalue weighted by atomic mass is 9.80. The zero-order valence-corrected chi connectivity index (χ0v) is 13.2. The molecule has 0 rings (SSSR count). The molecule has 0 aliphatic rings. The van der Waals surface area contributed by atoms with Crippen molar-refractivity contribution in [3.8, 4) is 0 Å². The first-order valence-electron chi connectivity index (χ1n) is 7.91. The number of alkyl halides is 2. The third-order valence-electron chi connectivity index (χ3n) is 3.75. The number of esters is 1. The van der Waals surface area contributed by atoms with Crippen LogP contribution in [0.2, 0.25) is 0 Å². The number of halogens is 2. The molecule has 0 aromatic carbocycles. The molecule has 120 valence electrons. The normalized spacial score (nSPS) is 14.3. The van der Waals surface area contributed by atoms with Crippen molar-refractivity contribution in [3.05, 3.63) is 0 Å². The van der Waals surface area contributed by atoms with Gasteiger partial charge >= 0.3 is 5.97 Å². The summed E-state index contributed by atoms with van der Waals surface area (Å²) < 4.78 is 29.1. The average molecular weight is 292 g/mol. The van der Waals surface area contributed by atoms with Crippen LogP contribution in [0.15, 0.2) is 0 Å². The lowest BCUT2D eigenvalue weighted by Gasteiger charge is -2.27. The standard InChI is InChI=1S/C16H30F2O2/c1-4-6-8-10-12-16(3,11-9-7-5-2)15(19)20-13-14(17)18/h14H,4-13H2,1-3H3. The number of hydrogen-bond acceptors (Lipinski definition) is 2. The van der Waals surface area contributed by atoms with Crippen LogP contribution >= 0.6 is 0 Å². The van der Waals surface area contributed by atoms with Crippen LogP contribution in [0.3, 0.4) is 0 Å². The van der Waals surface area contributed by atoms with Gasteiger partial charge < -0.3 is 4.74 Å². The lowest BCUT2D eigenvalue weighted by molar-refractivity contribution is -0.160. The van der Waals surface area contributed by atoms with E-state index in [1.54, 1.807) is 0 Å². The Balaban J connectivity index is 4.37. The molecule has 0 heterocycles. The van der Waals surface area contributed by atoms with Crippen molar-refractivity contribution in [2.75, 3.05) is 6.61 Å². The molecule has 1 atom stereocenters. The summed E-state index contributed by atoms with van der Waals surface area (Å²) >= 11 is 0. The first-order chi connectivity index (χ1) is 9.46. The maximum atomic E-state index is 12.2. The topological polar surface area (TPSA) is 26.3 Å². The molecule has 4 heteroatoms. The van der Waals surface area contributed by atoms with Crippen LogP contribution in [0.1, 0.15) is 78.6 Å². The fraction of sp³-hybridized carbons (Fsp3) is 0.938. The minimum absolute atomic E-state index is 0.453. The Morgan fingerprint density at radius 1 is 1.00 bits per heavy atom. The summed E-state index contributed by atoms with van der Waals surface area (Å²) in [4.78, 5) is 12.1. The monoisotopic (exact) mass is 292 g/mol. The third kappa shape index (κ3) is 8.49. The van der Waals surface area contributed by atoms with Crippen LogP contribution in [0.4, 0.5) is 8.78 Å². The first-order valence-corrected chi connectivity index (χ1v) is 7.91. The molecule has 1 unspecified atom stereocenters. The number of unbranched alkanes of at least 4 members (excludes halogenated alkanes) is 5. The minimum Gasteiger partial charge on any atom is -0.459 e. The fourth-order valence-corrected chi connectivity index (χ4v) is 2.35. The van der Waals surface area contributed by atoms with Crippen molar-refractivity contribution < 1.29 is 18.3 Å². The van der Waals surface area contributed by atoms with E-state index in [9.17, 15) is 13.6 Å². The van der Waals surface area contributed by atoms with Gasteiger partial charge in [-0.15, -0.1) is 0 Å². The van der Waals surface area contributed by atoms with E-state index in [0.717, 1.165) is 57.8 Å². The van der Waals surface area contributed by atoms with E-state index in [0.29, 0.717) is 0 Å². The minimum atomic E-state index is -2.58. The molecule has 0 fully saturated rings. The zero-order chi connectivity index (χ0) is 15.4. The van der Waals surface area contributed by atoms with Gasteiger partial charge in [-0.25, -0.2) is 8.78 Å². The average Bonchev–Trinajstić information content (AvgIpc) is 2.41. The Labute approximate surface area is 122 Å². The van der Waals surface area contributed by atoms with E-state index in [2.05, 4.69) is 13.8 Å². The SMILES string of the molecule is CCCCCCC(C)(CCCCC)C(=O)OCC(F)F. The van der Waals surface area contributed by atoms with Crippen molar-refractivity contribution in [2.45, 2.75) is 85.0 Å². The van der Waals surface area contributed by atoms with Gasteiger partial charge in [-0.05, 0) is 19.8 Å². The van der Waals surface area contributed by atoms with Gasteiger partial charge in [-0.1, -0.05) is 58.8 Å². The second-order valence-corrected chi connectivity index (χ2v) is 5.82. The van der Waals surface area contributed by atoms with Crippen molar-refractivity contribution >= 4 is 5.97 Å². The Kier molecular flexibility index (Phi) is 10.7. The molecule has 0 radical (unpaired) electrons. The summed E-state index contributed by atoms with van der Waals surface area (Å²) in [5.41, 5.74) is -0.599. The highest BCUT2D eigenvalue weighted by Crippen LogP contribution is 2.33. The van der Waals surface area contributed by atoms with E-state index in [1.165, 1.54) is 0 Å². The highest BCUT2D eigenvalue weighted by Gasteiger charge is 2.34. The maximum absolute atomic E-state index is 12.2. The number of carbonyl (C=O) groups is 1. The zero-order valence-electron chi connectivity index (χ0n) is 13.2. The van der Waals surface area contributed by atoms with Crippen LogP contribution in [0.5, 0.6) is 0 Å². The molecular formula is C16H30F2O2. The molecule has 0 N–H and O–H groups in total. The molecule has 0 aromatic heterocycles. The Morgan fingerprint density at radius 2 is 1.50 bits per heavy atom. The second-order valence-electron chi connectivity index (χ2n) is 5.82. The third-order valence-corrected chi connectivity index (χ3v) is 3.75. The number of carbonyl (C=O) groups excluding carboxylic acids is 1. The van der Waals surface area contributed by atoms with E-state index >= 15 is 0 Å².